The quantitative estimate of drug-likeness (QED) is 0.202. The average molecular weight is 607 g/mol. The Labute approximate surface area is 254 Å². The molecule has 0 bridgehead atoms. The summed E-state index contributed by atoms with van der Waals surface area (Å²) in [5.74, 6) is 2.08. The van der Waals surface area contributed by atoms with Gasteiger partial charge in [-0.1, -0.05) is 36.4 Å². The van der Waals surface area contributed by atoms with Gasteiger partial charge < -0.3 is 24.4 Å². The maximum absolute atomic E-state index is 13.7. The van der Waals surface area contributed by atoms with E-state index in [9.17, 15) is 18.0 Å². The van der Waals surface area contributed by atoms with E-state index in [1.165, 1.54) is 0 Å². The van der Waals surface area contributed by atoms with Crippen LogP contribution in [0.1, 0.15) is 48.3 Å². The van der Waals surface area contributed by atoms with E-state index in [2.05, 4.69) is 21.5 Å². The molecule has 1 unspecified atom stereocenters. The molecular weight excluding hydrogens is 573 g/mol. The molecule has 0 radical (unpaired) electrons. The van der Waals surface area contributed by atoms with Gasteiger partial charge in [-0.3, -0.25) is 4.79 Å². The van der Waals surface area contributed by atoms with E-state index in [0.717, 1.165) is 21.7 Å². The Balaban J connectivity index is 1.30. The van der Waals surface area contributed by atoms with Crippen LogP contribution in [-0.4, -0.2) is 49.6 Å². The Morgan fingerprint density at radius 2 is 1.84 bits per heavy atom. The molecular formula is C33H33F3N4O4. The Bertz CT molecular complexity index is 1530. The number of carbonyl (C=O) groups excluding carboxylic acids is 1. The Morgan fingerprint density at radius 3 is 2.55 bits per heavy atom. The lowest BCUT2D eigenvalue weighted by Gasteiger charge is -2.27. The van der Waals surface area contributed by atoms with E-state index < -0.39 is 17.7 Å². The molecule has 5 rings (SSSR count). The van der Waals surface area contributed by atoms with Crippen LogP contribution in [0.5, 0.6) is 17.2 Å². The van der Waals surface area contributed by atoms with Crippen molar-refractivity contribution in [1.29, 1.82) is 0 Å². The van der Waals surface area contributed by atoms with E-state index in [4.69, 9.17) is 20.6 Å². The molecule has 230 valence electrons. The van der Waals surface area contributed by atoms with Crippen LogP contribution in [0.25, 0.3) is 0 Å². The summed E-state index contributed by atoms with van der Waals surface area (Å²) >= 11 is 0. The third kappa shape index (κ3) is 7.43. The van der Waals surface area contributed by atoms with Crippen molar-refractivity contribution in [3.8, 4) is 29.6 Å². The first-order valence-electron chi connectivity index (χ1n) is 14.3. The number of anilines is 1. The summed E-state index contributed by atoms with van der Waals surface area (Å²) in [6.45, 7) is 0.354. The predicted molar refractivity (Wildman–Crippen MR) is 159 cm³/mol. The topological polar surface area (TPSA) is 84.8 Å². The molecule has 8 nitrogen and oxygen atoms in total. The first kappa shape index (κ1) is 30.7. The minimum atomic E-state index is -5.02. The summed E-state index contributed by atoms with van der Waals surface area (Å²) in [5.41, 5.74) is 2.56. The molecule has 1 atom stereocenters. The number of rotatable bonds is 14. The van der Waals surface area contributed by atoms with Crippen LogP contribution in [0.2, 0.25) is 0 Å². The van der Waals surface area contributed by atoms with Gasteiger partial charge in [-0.25, -0.2) is 0 Å². The van der Waals surface area contributed by atoms with E-state index in [-0.39, 0.29) is 32.2 Å². The molecule has 44 heavy (non-hydrogen) atoms. The number of amides is 1. The molecule has 0 fully saturated rings. The molecule has 3 aromatic rings. The van der Waals surface area contributed by atoms with Gasteiger partial charge in [0.15, 0.2) is 17.2 Å². The first-order chi connectivity index (χ1) is 21.2. The van der Waals surface area contributed by atoms with Crippen LogP contribution in [0.4, 0.5) is 18.9 Å². The molecule has 0 saturated carbocycles. The average Bonchev–Trinajstić information content (AvgIpc) is 3.63. The third-order valence-corrected chi connectivity index (χ3v) is 7.77. The summed E-state index contributed by atoms with van der Waals surface area (Å²) < 4.78 is 57.8. The number of nitrogens with one attached hydrogen (secondary N) is 1. The summed E-state index contributed by atoms with van der Waals surface area (Å²) in [5, 5.41) is 11.5. The van der Waals surface area contributed by atoms with Crippen LogP contribution in [0.3, 0.4) is 0 Å². The number of para-hydroxylation sites is 1. The van der Waals surface area contributed by atoms with Gasteiger partial charge in [0.2, 0.25) is 6.79 Å². The van der Waals surface area contributed by atoms with E-state index in [1.54, 1.807) is 43.5 Å². The molecule has 2 aliphatic rings. The normalized spacial score (nSPS) is 14.9. The zero-order valence-electron chi connectivity index (χ0n) is 24.3. The zero-order valence-corrected chi connectivity index (χ0v) is 24.3. The number of nitrogens with zero attached hydrogens (tertiary/aromatic N) is 3. The highest BCUT2D eigenvalue weighted by molar-refractivity contribution is 5.81. The summed E-state index contributed by atoms with van der Waals surface area (Å²) in [6.07, 6.45) is 2.53. The summed E-state index contributed by atoms with van der Waals surface area (Å²) in [7, 11) is 1.54. The second-order valence-electron chi connectivity index (χ2n) is 10.7. The highest BCUT2D eigenvalue weighted by Crippen LogP contribution is 2.40. The number of ether oxygens (including phenoxy) is 3. The van der Waals surface area contributed by atoms with Crippen molar-refractivity contribution < 1.29 is 32.2 Å². The first-order valence-corrected chi connectivity index (χ1v) is 14.3. The van der Waals surface area contributed by atoms with Crippen LogP contribution in [-0.2, 0) is 11.3 Å². The number of carbonyl (C=O) groups is 1. The van der Waals surface area contributed by atoms with E-state index in [0.29, 0.717) is 48.6 Å². The smallest absolute Gasteiger partial charge is 0.471 e. The maximum atomic E-state index is 13.7. The Hall–Kier alpha value is -4.72. The number of alkyl halides is 3. The number of hydrogen-bond donors (Lipinski definition) is 1. The number of halogens is 3. The number of terminal acetylenes is 1. The maximum Gasteiger partial charge on any atom is 0.471 e. The summed E-state index contributed by atoms with van der Waals surface area (Å²) in [6, 6.07) is 19.8. The van der Waals surface area contributed by atoms with Crippen molar-refractivity contribution >= 4 is 11.6 Å². The number of fused-ring (bicyclic) bond motifs is 1. The van der Waals surface area contributed by atoms with Crippen LogP contribution < -0.4 is 19.5 Å². The molecule has 0 aliphatic carbocycles. The molecule has 2 aliphatic heterocycles. The molecule has 11 heteroatoms. The van der Waals surface area contributed by atoms with Gasteiger partial charge in [0.25, 0.3) is 0 Å². The monoisotopic (exact) mass is 606 g/mol. The van der Waals surface area contributed by atoms with Gasteiger partial charge in [0.1, 0.15) is 5.75 Å². The standard InChI is InChI=1S/C33H33F3N4O4/c1-3-4-16-32(38-39-32)17-18-37-25-12-9-23(10-13-25)21-40(31(41)33(34,35)36)19-15-26(27-7-5-6-8-28(27)42-2)24-11-14-29-30(20-24)44-22-43-29/h1,5-14,20,26,37H,4,15-19,21-22H2,2H3. The van der Waals surface area contributed by atoms with Crippen LogP contribution in [0, 0.1) is 12.3 Å². The van der Waals surface area contributed by atoms with Gasteiger partial charge >= 0.3 is 12.1 Å². The molecule has 1 amide bonds. The van der Waals surface area contributed by atoms with Crippen molar-refractivity contribution in [3.63, 3.8) is 0 Å². The fraction of sp³-hybridized carbons (Fsp3) is 0.364. The lowest BCUT2D eigenvalue weighted by atomic mass is 9.87. The summed E-state index contributed by atoms with van der Waals surface area (Å²) in [4.78, 5) is 13.5. The molecule has 0 spiro atoms. The minimum Gasteiger partial charge on any atom is -0.496 e. The second-order valence-corrected chi connectivity index (χ2v) is 10.7. The largest absolute Gasteiger partial charge is 0.496 e. The van der Waals surface area contributed by atoms with E-state index in [1.807, 2.05) is 30.3 Å². The zero-order chi connectivity index (χ0) is 31.2. The van der Waals surface area contributed by atoms with Crippen molar-refractivity contribution in [2.45, 2.75) is 50.0 Å². The lowest BCUT2D eigenvalue weighted by Crippen LogP contribution is -2.41. The van der Waals surface area contributed by atoms with Gasteiger partial charge in [-0.15, -0.1) is 12.3 Å². The Morgan fingerprint density at radius 1 is 1.09 bits per heavy atom. The third-order valence-electron chi connectivity index (χ3n) is 7.77. The minimum absolute atomic E-state index is 0.0964. The van der Waals surface area contributed by atoms with Crippen molar-refractivity contribution in [3.05, 3.63) is 83.4 Å². The predicted octanol–water partition coefficient (Wildman–Crippen LogP) is 6.91. The van der Waals surface area contributed by atoms with Gasteiger partial charge in [0, 0.05) is 56.1 Å². The number of methoxy groups -OCH3 is 1. The lowest BCUT2D eigenvalue weighted by molar-refractivity contribution is -0.186. The van der Waals surface area contributed by atoms with Crippen LogP contribution in [0.15, 0.2) is 77.0 Å². The molecule has 0 saturated heterocycles. The SMILES string of the molecule is C#CCCC1(CCNc2ccc(CN(CCC(c3ccc4c(c3)OCO4)c3ccccc3OC)C(=O)C(F)(F)F)cc2)N=N1. The number of benzene rings is 3. The molecule has 3 aromatic carbocycles. The molecule has 1 N–H and O–H groups in total. The van der Waals surface area contributed by atoms with Crippen molar-refractivity contribution in [1.82, 2.24) is 4.90 Å². The fourth-order valence-electron chi connectivity index (χ4n) is 5.33. The highest BCUT2D eigenvalue weighted by atomic mass is 19.4. The van der Waals surface area contributed by atoms with Crippen molar-refractivity contribution in [2.24, 2.45) is 10.2 Å². The highest BCUT2D eigenvalue weighted by Gasteiger charge is 2.42. The van der Waals surface area contributed by atoms with Crippen molar-refractivity contribution in [2.75, 3.05) is 32.3 Å². The number of hydrogen-bond acceptors (Lipinski definition) is 7. The van der Waals surface area contributed by atoms with Crippen LogP contribution >= 0.6 is 0 Å². The fourth-order valence-corrected chi connectivity index (χ4v) is 5.33. The Kier molecular flexibility index (Phi) is 9.28. The molecule has 2 heterocycles. The molecule has 0 aromatic heterocycles. The van der Waals surface area contributed by atoms with Gasteiger partial charge in [-0.05, 0) is 47.9 Å². The van der Waals surface area contributed by atoms with Gasteiger partial charge in [0.05, 0.1) is 7.11 Å². The van der Waals surface area contributed by atoms with E-state index >= 15 is 0 Å². The van der Waals surface area contributed by atoms with Gasteiger partial charge in [-0.2, -0.15) is 23.4 Å². The second kappa shape index (κ2) is 13.3.